The van der Waals surface area contributed by atoms with E-state index < -0.39 is 30.1 Å². The molecule has 0 radical (unpaired) electrons. The standard InChI is InChI=1S/C22H21F6N2O/c23-21(24,25)18-12-16(13-19(14-18)22(26,27)28)15-31-30(11-9-29)10-5-4-8-20(30)17-6-2-1-3-7-17/h1-3,6-7,12-14,20H,4-5,8,10-11,15H2/q+1. The molecule has 0 N–H and O–H groups in total. The topological polar surface area (TPSA) is 33.0 Å². The zero-order valence-electron chi connectivity index (χ0n) is 16.5. The van der Waals surface area contributed by atoms with Crippen LogP contribution in [0.5, 0.6) is 0 Å². The Morgan fingerprint density at radius 1 is 0.935 bits per heavy atom. The number of likely N-dealkylation sites (tertiary alicyclic amines) is 1. The summed E-state index contributed by atoms with van der Waals surface area (Å²) < 4.78 is 78.8. The van der Waals surface area contributed by atoms with E-state index in [-0.39, 0.29) is 28.9 Å². The molecule has 2 aromatic carbocycles. The second kappa shape index (κ2) is 8.89. The van der Waals surface area contributed by atoms with Crippen LogP contribution in [0.2, 0.25) is 0 Å². The third-order valence-electron chi connectivity index (χ3n) is 5.49. The van der Waals surface area contributed by atoms with Gasteiger partial charge >= 0.3 is 12.4 Å². The lowest BCUT2D eigenvalue weighted by Gasteiger charge is -2.43. The van der Waals surface area contributed by atoms with E-state index in [0.717, 1.165) is 18.4 Å². The van der Waals surface area contributed by atoms with E-state index in [2.05, 4.69) is 6.07 Å². The number of rotatable bonds is 5. The quantitative estimate of drug-likeness (QED) is 0.303. The van der Waals surface area contributed by atoms with Crippen molar-refractivity contribution in [3.05, 3.63) is 70.8 Å². The molecule has 2 atom stereocenters. The van der Waals surface area contributed by atoms with Crippen LogP contribution in [0.3, 0.4) is 0 Å². The Morgan fingerprint density at radius 3 is 2.10 bits per heavy atom. The molecule has 2 unspecified atom stereocenters. The number of nitriles is 1. The van der Waals surface area contributed by atoms with E-state index in [1.807, 2.05) is 30.3 Å². The molecular weight excluding hydrogens is 422 g/mol. The Kier molecular flexibility index (Phi) is 6.62. The summed E-state index contributed by atoms with van der Waals surface area (Å²) >= 11 is 0. The summed E-state index contributed by atoms with van der Waals surface area (Å²) in [6.07, 6.45) is -7.53. The van der Waals surface area contributed by atoms with Crippen molar-refractivity contribution in [3.63, 3.8) is 0 Å². The van der Waals surface area contributed by atoms with Crippen LogP contribution in [0.25, 0.3) is 0 Å². The summed E-state index contributed by atoms with van der Waals surface area (Å²) in [6, 6.07) is 12.6. The van der Waals surface area contributed by atoms with Crippen molar-refractivity contribution in [3.8, 4) is 6.07 Å². The van der Waals surface area contributed by atoms with Crippen LogP contribution in [-0.2, 0) is 23.8 Å². The highest BCUT2D eigenvalue weighted by Gasteiger charge is 2.43. The van der Waals surface area contributed by atoms with Gasteiger partial charge in [-0.2, -0.15) is 41.1 Å². The molecule has 0 bridgehead atoms. The molecule has 1 heterocycles. The fraction of sp³-hybridized carbons (Fsp3) is 0.409. The van der Waals surface area contributed by atoms with Gasteiger partial charge in [-0.1, -0.05) is 30.3 Å². The number of nitrogens with zero attached hydrogens (tertiary/aromatic N) is 2. The van der Waals surface area contributed by atoms with Gasteiger partial charge in [0.05, 0.1) is 11.1 Å². The number of hydrogen-bond acceptors (Lipinski definition) is 2. The number of hydroxylamine groups is 3. The van der Waals surface area contributed by atoms with Crippen LogP contribution >= 0.6 is 0 Å². The van der Waals surface area contributed by atoms with Gasteiger partial charge in [0, 0.05) is 12.0 Å². The number of halogens is 6. The smallest absolute Gasteiger partial charge is 0.197 e. The van der Waals surface area contributed by atoms with Gasteiger partial charge in [0.25, 0.3) is 0 Å². The van der Waals surface area contributed by atoms with Gasteiger partial charge in [0.15, 0.2) is 6.54 Å². The first kappa shape index (κ1) is 23.1. The van der Waals surface area contributed by atoms with Crippen molar-refractivity contribution < 1.29 is 35.8 Å². The second-order valence-corrected chi connectivity index (χ2v) is 7.60. The average molecular weight is 443 g/mol. The number of hydrogen-bond donors (Lipinski definition) is 0. The van der Waals surface area contributed by atoms with Crippen LogP contribution in [0.15, 0.2) is 48.5 Å². The summed E-state index contributed by atoms with van der Waals surface area (Å²) in [5, 5.41) is 9.40. The summed E-state index contributed by atoms with van der Waals surface area (Å²) in [7, 11) is 0. The molecule has 0 amide bonds. The maximum absolute atomic E-state index is 13.2. The lowest BCUT2D eigenvalue weighted by atomic mass is 9.94. The Morgan fingerprint density at radius 2 is 1.55 bits per heavy atom. The lowest BCUT2D eigenvalue weighted by molar-refractivity contribution is -1.13. The molecule has 3 nitrogen and oxygen atoms in total. The second-order valence-electron chi connectivity index (χ2n) is 7.60. The summed E-state index contributed by atoms with van der Waals surface area (Å²) in [6.45, 7) is -0.0964. The fourth-order valence-electron chi connectivity index (χ4n) is 4.04. The first-order valence-corrected chi connectivity index (χ1v) is 9.77. The van der Waals surface area contributed by atoms with E-state index >= 15 is 0 Å². The highest BCUT2D eigenvalue weighted by molar-refractivity contribution is 5.33. The molecule has 1 aliphatic rings. The van der Waals surface area contributed by atoms with Crippen molar-refractivity contribution in [1.82, 2.24) is 0 Å². The van der Waals surface area contributed by atoms with Crippen LogP contribution in [-0.4, -0.2) is 17.7 Å². The van der Waals surface area contributed by atoms with E-state index in [9.17, 15) is 31.6 Å². The number of alkyl halides is 6. The van der Waals surface area contributed by atoms with Gasteiger partial charge < -0.3 is 0 Å². The van der Waals surface area contributed by atoms with Gasteiger partial charge in [0.1, 0.15) is 25.3 Å². The minimum Gasteiger partial charge on any atom is -0.197 e. The fourth-order valence-corrected chi connectivity index (χ4v) is 4.04. The maximum Gasteiger partial charge on any atom is 0.416 e. The molecule has 1 fully saturated rings. The van der Waals surface area contributed by atoms with E-state index in [1.54, 1.807) is 0 Å². The molecule has 2 aromatic rings. The summed E-state index contributed by atoms with van der Waals surface area (Å²) in [5.74, 6) is 0. The van der Waals surface area contributed by atoms with Crippen molar-refractivity contribution in [2.24, 2.45) is 0 Å². The van der Waals surface area contributed by atoms with Crippen molar-refractivity contribution in [2.45, 2.75) is 44.3 Å². The zero-order valence-corrected chi connectivity index (χ0v) is 16.5. The predicted molar refractivity (Wildman–Crippen MR) is 99.9 cm³/mol. The SMILES string of the molecule is N#CC[N+]1(OCc2cc(C(F)(F)F)cc(C(F)(F)F)c2)CCCCC1c1ccccc1. The molecule has 31 heavy (non-hydrogen) atoms. The minimum absolute atomic E-state index is 0.0648. The molecule has 1 aliphatic heterocycles. The molecular formula is C22H21F6N2O+. The predicted octanol–water partition coefficient (Wildman–Crippen LogP) is 6.42. The lowest BCUT2D eigenvalue weighted by Crippen LogP contribution is -2.53. The molecule has 3 rings (SSSR count). The van der Waals surface area contributed by atoms with Crippen LogP contribution in [0.4, 0.5) is 26.3 Å². The molecule has 0 spiro atoms. The third-order valence-corrected chi connectivity index (χ3v) is 5.49. The van der Waals surface area contributed by atoms with Crippen molar-refractivity contribution >= 4 is 0 Å². The third kappa shape index (κ3) is 5.38. The monoisotopic (exact) mass is 443 g/mol. The molecule has 166 valence electrons. The van der Waals surface area contributed by atoms with Gasteiger partial charge in [-0.15, -0.1) is 0 Å². The normalized spacial score (nSPS) is 22.2. The van der Waals surface area contributed by atoms with E-state index in [1.165, 1.54) is 0 Å². The Hall–Kier alpha value is -2.57. The van der Waals surface area contributed by atoms with Crippen LogP contribution in [0, 0.1) is 11.3 Å². The van der Waals surface area contributed by atoms with Gasteiger partial charge in [-0.25, -0.2) is 0 Å². The molecule has 0 saturated carbocycles. The van der Waals surface area contributed by atoms with Crippen LogP contribution < -0.4 is 0 Å². The summed E-state index contributed by atoms with van der Waals surface area (Å²) in [5.41, 5.74) is -2.09. The van der Waals surface area contributed by atoms with Gasteiger partial charge in [-0.3, -0.25) is 0 Å². The molecule has 1 saturated heterocycles. The highest BCUT2D eigenvalue weighted by Crippen LogP contribution is 2.40. The van der Waals surface area contributed by atoms with Crippen molar-refractivity contribution in [2.75, 3.05) is 13.1 Å². The largest absolute Gasteiger partial charge is 0.416 e. The molecule has 9 heteroatoms. The van der Waals surface area contributed by atoms with E-state index in [0.29, 0.717) is 25.1 Å². The Bertz CT molecular complexity index is 903. The van der Waals surface area contributed by atoms with Gasteiger partial charge in [-0.05, 0) is 36.6 Å². The first-order valence-electron chi connectivity index (χ1n) is 9.77. The summed E-state index contributed by atoms with van der Waals surface area (Å²) in [4.78, 5) is 5.98. The minimum atomic E-state index is -4.92. The average Bonchev–Trinajstić information content (AvgIpc) is 2.72. The number of piperidine rings is 1. The number of quaternary nitrogens is 1. The van der Waals surface area contributed by atoms with Crippen molar-refractivity contribution in [1.29, 1.82) is 5.26 Å². The maximum atomic E-state index is 13.2. The molecule has 0 aliphatic carbocycles. The Balaban J connectivity index is 1.95. The van der Waals surface area contributed by atoms with Crippen LogP contribution in [0.1, 0.15) is 47.6 Å². The molecule has 0 aromatic heterocycles. The highest BCUT2D eigenvalue weighted by atomic mass is 19.4. The first-order chi connectivity index (χ1) is 14.5. The zero-order chi connectivity index (χ0) is 22.7. The van der Waals surface area contributed by atoms with Gasteiger partial charge in [0.2, 0.25) is 0 Å². The number of benzene rings is 2. The Labute approximate surface area is 176 Å². The van der Waals surface area contributed by atoms with E-state index in [4.69, 9.17) is 4.84 Å².